The fraction of sp³-hybridized carbons (Fsp3) is 0.500. The van der Waals surface area contributed by atoms with Crippen LogP contribution in [0.4, 0.5) is 33.5 Å². The van der Waals surface area contributed by atoms with Gasteiger partial charge in [-0.25, -0.2) is 18.7 Å². The van der Waals surface area contributed by atoms with E-state index in [1.807, 2.05) is 0 Å². The molecule has 0 aromatic carbocycles. The molecule has 4 rings (SSSR count). The van der Waals surface area contributed by atoms with Crippen molar-refractivity contribution >= 4 is 17.4 Å². The first-order valence-corrected chi connectivity index (χ1v) is 11.9. The van der Waals surface area contributed by atoms with Crippen LogP contribution in [0.5, 0.6) is 0 Å². The molecule has 0 spiro atoms. The molecule has 3 heterocycles. The van der Waals surface area contributed by atoms with E-state index >= 15 is 0 Å². The summed E-state index contributed by atoms with van der Waals surface area (Å²) in [6.07, 6.45) is 0.000191. The minimum Gasteiger partial charge on any atom is -0.444 e. The first kappa shape index (κ1) is 26.6. The molecule has 0 bridgehead atoms. The summed E-state index contributed by atoms with van der Waals surface area (Å²) in [5.41, 5.74) is -0.561. The summed E-state index contributed by atoms with van der Waals surface area (Å²) in [6, 6.07) is 2.70. The summed E-state index contributed by atoms with van der Waals surface area (Å²) in [5, 5.41) is 8.64. The lowest BCUT2D eigenvalue weighted by atomic mass is 9.80. The van der Waals surface area contributed by atoms with Crippen molar-refractivity contribution in [2.75, 3.05) is 17.2 Å². The van der Waals surface area contributed by atoms with E-state index in [9.17, 15) is 26.7 Å². The second kappa shape index (κ2) is 10.9. The number of pyridine rings is 1. The molecule has 2 N–H and O–H groups in total. The van der Waals surface area contributed by atoms with Crippen molar-refractivity contribution in [1.82, 2.24) is 19.7 Å². The molecule has 1 saturated carbocycles. The average Bonchev–Trinajstić information content (AvgIpc) is 3.51. The third-order valence-corrected chi connectivity index (χ3v) is 6.49. The zero-order valence-corrected chi connectivity index (χ0v) is 20.2. The Bertz CT molecular complexity index is 1210. The van der Waals surface area contributed by atoms with Crippen molar-refractivity contribution in [3.8, 4) is 11.5 Å². The Balaban J connectivity index is 1.46. The van der Waals surface area contributed by atoms with E-state index in [1.165, 1.54) is 29.2 Å². The third kappa shape index (κ3) is 6.63. The normalized spacial score (nSPS) is 18.4. The number of alkyl halides is 5. The molecular weight excluding hydrogens is 499 g/mol. The fourth-order valence-corrected chi connectivity index (χ4v) is 4.43. The Morgan fingerprint density at radius 1 is 1.22 bits per heavy atom. The quantitative estimate of drug-likeness (QED) is 0.326. The molecule has 0 atom stereocenters. The number of amides is 1. The zero-order valence-electron chi connectivity index (χ0n) is 20.2. The van der Waals surface area contributed by atoms with E-state index in [1.54, 1.807) is 0 Å². The highest BCUT2D eigenvalue weighted by molar-refractivity contribution is 6.03. The van der Waals surface area contributed by atoms with Gasteiger partial charge in [0.2, 0.25) is 5.89 Å². The molecule has 1 aliphatic carbocycles. The molecule has 0 unspecified atom stereocenters. The number of hydrogen-bond acceptors (Lipinski definition) is 6. The maximum absolute atomic E-state index is 13.7. The number of halogens is 5. The van der Waals surface area contributed by atoms with Crippen molar-refractivity contribution in [2.45, 2.75) is 58.2 Å². The summed E-state index contributed by atoms with van der Waals surface area (Å²) >= 11 is 0. The maximum atomic E-state index is 13.7. The second-order valence-corrected chi connectivity index (χ2v) is 9.41. The SMILES string of the molecule is CC(C)C1CCC(n2cc(NC(=O)c3coc(-c4ccnc(NCC(F)(F)F)c4)n3)c(C(F)F)n2)CC1. The van der Waals surface area contributed by atoms with Gasteiger partial charge in [0.1, 0.15) is 18.6 Å². The summed E-state index contributed by atoms with van der Waals surface area (Å²) in [4.78, 5) is 20.6. The van der Waals surface area contributed by atoms with Gasteiger partial charge < -0.3 is 15.1 Å². The second-order valence-electron chi connectivity index (χ2n) is 9.41. The first-order chi connectivity index (χ1) is 17.5. The van der Waals surface area contributed by atoms with E-state index in [0.717, 1.165) is 31.9 Å². The van der Waals surface area contributed by atoms with Crippen molar-refractivity contribution in [2.24, 2.45) is 11.8 Å². The number of aromatic nitrogens is 4. The molecule has 1 fully saturated rings. The lowest BCUT2D eigenvalue weighted by Crippen LogP contribution is -2.21. The van der Waals surface area contributed by atoms with Crippen LogP contribution in [0.15, 0.2) is 35.2 Å². The summed E-state index contributed by atoms with van der Waals surface area (Å²) in [6.45, 7) is 3.08. The van der Waals surface area contributed by atoms with Crippen LogP contribution in [-0.4, -0.2) is 38.4 Å². The molecule has 13 heteroatoms. The smallest absolute Gasteiger partial charge is 0.405 e. The third-order valence-electron chi connectivity index (χ3n) is 6.49. The Morgan fingerprint density at radius 3 is 2.59 bits per heavy atom. The van der Waals surface area contributed by atoms with E-state index in [0.29, 0.717) is 11.8 Å². The first-order valence-electron chi connectivity index (χ1n) is 11.9. The van der Waals surface area contributed by atoms with Gasteiger partial charge in [-0.05, 0) is 49.7 Å². The molecule has 0 radical (unpaired) electrons. The number of rotatable bonds is 8. The Morgan fingerprint density at radius 2 is 1.95 bits per heavy atom. The number of nitrogens with one attached hydrogen (secondary N) is 2. The molecule has 1 amide bonds. The minimum absolute atomic E-state index is 0.0244. The highest BCUT2D eigenvalue weighted by atomic mass is 19.4. The molecule has 37 heavy (non-hydrogen) atoms. The minimum atomic E-state index is -4.43. The predicted octanol–water partition coefficient (Wildman–Crippen LogP) is 6.48. The maximum Gasteiger partial charge on any atom is 0.405 e. The molecule has 3 aromatic heterocycles. The Labute approximate surface area is 209 Å². The van der Waals surface area contributed by atoms with Crippen molar-refractivity contribution in [1.29, 1.82) is 0 Å². The van der Waals surface area contributed by atoms with Crippen LogP contribution in [-0.2, 0) is 0 Å². The van der Waals surface area contributed by atoms with Crippen LogP contribution in [0.3, 0.4) is 0 Å². The topological polar surface area (TPSA) is 97.9 Å². The van der Waals surface area contributed by atoms with E-state index < -0.39 is 30.7 Å². The average molecular weight is 527 g/mol. The monoisotopic (exact) mass is 526 g/mol. The Hall–Kier alpha value is -3.51. The highest BCUT2D eigenvalue weighted by Crippen LogP contribution is 2.37. The van der Waals surface area contributed by atoms with Crippen LogP contribution in [0, 0.1) is 11.8 Å². The van der Waals surface area contributed by atoms with Gasteiger partial charge in [0, 0.05) is 18.0 Å². The van der Waals surface area contributed by atoms with Crippen LogP contribution < -0.4 is 10.6 Å². The van der Waals surface area contributed by atoms with Gasteiger partial charge in [-0.3, -0.25) is 9.48 Å². The van der Waals surface area contributed by atoms with Gasteiger partial charge in [-0.1, -0.05) is 13.8 Å². The van der Waals surface area contributed by atoms with Gasteiger partial charge >= 0.3 is 6.18 Å². The summed E-state index contributed by atoms with van der Waals surface area (Å²) in [5.74, 6) is 0.264. The predicted molar refractivity (Wildman–Crippen MR) is 125 cm³/mol. The highest BCUT2D eigenvalue weighted by Gasteiger charge is 2.29. The molecule has 0 saturated heterocycles. The molecule has 1 aliphatic rings. The lowest BCUT2D eigenvalue weighted by Gasteiger charge is -2.30. The van der Waals surface area contributed by atoms with Gasteiger partial charge in [0.15, 0.2) is 11.4 Å². The number of oxazole rings is 1. The van der Waals surface area contributed by atoms with E-state index in [2.05, 4.69) is 39.5 Å². The number of anilines is 2. The fourth-order valence-electron chi connectivity index (χ4n) is 4.43. The summed E-state index contributed by atoms with van der Waals surface area (Å²) in [7, 11) is 0. The van der Waals surface area contributed by atoms with E-state index in [-0.39, 0.29) is 34.7 Å². The Kier molecular flexibility index (Phi) is 7.79. The number of carbonyl (C=O) groups is 1. The summed E-state index contributed by atoms with van der Waals surface area (Å²) < 4.78 is 71.5. The van der Waals surface area contributed by atoms with E-state index in [4.69, 9.17) is 4.42 Å². The lowest BCUT2D eigenvalue weighted by molar-refractivity contribution is -0.115. The van der Waals surface area contributed by atoms with Gasteiger partial charge in [-0.2, -0.15) is 18.3 Å². The van der Waals surface area contributed by atoms with Crippen molar-refractivity contribution in [3.63, 3.8) is 0 Å². The molecule has 8 nitrogen and oxygen atoms in total. The number of carbonyl (C=O) groups excluding carboxylic acids is 1. The standard InChI is InChI=1S/C24H27F5N6O2/c1-13(2)14-3-5-16(6-4-14)35-10-17(20(34-35)21(25)26)32-22(36)18-11-37-23(33-18)15-7-8-30-19(9-15)31-12-24(27,28)29/h7-11,13-14,16,21H,3-6,12H2,1-2H3,(H,30,31)(H,32,36). The molecule has 200 valence electrons. The number of nitrogens with zero attached hydrogens (tertiary/aromatic N) is 4. The zero-order chi connectivity index (χ0) is 26.7. The molecular formula is C24H27F5N6O2. The van der Waals surface area contributed by atoms with Crippen molar-refractivity contribution in [3.05, 3.63) is 42.2 Å². The van der Waals surface area contributed by atoms with Gasteiger partial charge in [0.05, 0.1) is 11.7 Å². The van der Waals surface area contributed by atoms with Crippen molar-refractivity contribution < 1.29 is 31.2 Å². The van der Waals surface area contributed by atoms with Crippen LogP contribution in [0.2, 0.25) is 0 Å². The molecule has 0 aliphatic heterocycles. The number of hydrogen-bond donors (Lipinski definition) is 2. The van der Waals surface area contributed by atoms with Crippen LogP contribution in [0.25, 0.3) is 11.5 Å². The van der Waals surface area contributed by atoms with Gasteiger partial charge in [0.25, 0.3) is 12.3 Å². The largest absolute Gasteiger partial charge is 0.444 e. The van der Waals surface area contributed by atoms with Crippen LogP contribution >= 0.6 is 0 Å². The van der Waals surface area contributed by atoms with Gasteiger partial charge in [-0.15, -0.1) is 0 Å². The van der Waals surface area contributed by atoms with Crippen LogP contribution in [0.1, 0.15) is 68.2 Å². The molecule has 3 aromatic rings.